The highest BCUT2D eigenvalue weighted by atomic mass is 16.3. The molecule has 0 bridgehead atoms. The van der Waals surface area contributed by atoms with E-state index in [1.54, 1.807) is 0 Å². The van der Waals surface area contributed by atoms with E-state index in [-0.39, 0.29) is 0 Å². The van der Waals surface area contributed by atoms with Crippen LogP contribution in [0.15, 0.2) is 48.5 Å². The van der Waals surface area contributed by atoms with Gasteiger partial charge in [0.25, 0.3) is 0 Å². The summed E-state index contributed by atoms with van der Waals surface area (Å²) in [4.78, 5) is 0. The highest BCUT2D eigenvalue weighted by Crippen LogP contribution is 2.42. The molecular formula is C20H16O2. The zero-order chi connectivity index (χ0) is 14.8. The molecule has 108 valence electrons. The van der Waals surface area contributed by atoms with Crippen molar-refractivity contribution < 1.29 is 10.2 Å². The molecular weight excluding hydrogens is 272 g/mol. The lowest BCUT2D eigenvalue weighted by molar-refractivity contribution is 0.00750. The minimum atomic E-state index is -0.784. The number of hydrogen-bond acceptors (Lipinski definition) is 2. The Morgan fingerprint density at radius 2 is 1.55 bits per heavy atom. The first-order valence-electron chi connectivity index (χ1n) is 7.79. The van der Waals surface area contributed by atoms with Gasteiger partial charge in [-0.2, -0.15) is 0 Å². The van der Waals surface area contributed by atoms with E-state index in [1.165, 1.54) is 32.5 Å². The van der Waals surface area contributed by atoms with Crippen molar-refractivity contribution in [1.29, 1.82) is 0 Å². The van der Waals surface area contributed by atoms with E-state index in [0.29, 0.717) is 6.42 Å². The maximum atomic E-state index is 10.5. The van der Waals surface area contributed by atoms with Gasteiger partial charge in [-0.1, -0.05) is 48.5 Å². The summed E-state index contributed by atoms with van der Waals surface area (Å²) in [6.07, 6.45) is 0.00498. The van der Waals surface area contributed by atoms with Gasteiger partial charge in [0, 0.05) is 0 Å². The fraction of sp³-hybridized carbons (Fsp3) is 0.200. The number of benzene rings is 4. The van der Waals surface area contributed by atoms with E-state index in [9.17, 15) is 10.2 Å². The molecule has 4 aromatic rings. The van der Waals surface area contributed by atoms with Crippen LogP contribution in [-0.4, -0.2) is 16.3 Å². The number of aliphatic hydroxyl groups is 2. The van der Waals surface area contributed by atoms with Crippen molar-refractivity contribution in [2.75, 3.05) is 0 Å². The molecule has 2 atom stereocenters. The lowest BCUT2D eigenvalue weighted by atomic mass is 9.81. The molecule has 5 rings (SSSR count). The number of aryl methyl sites for hydroxylation is 1. The summed E-state index contributed by atoms with van der Waals surface area (Å²) in [5, 5.41) is 27.8. The Kier molecular flexibility index (Phi) is 2.36. The van der Waals surface area contributed by atoms with Gasteiger partial charge in [-0.3, -0.25) is 0 Å². The average Bonchev–Trinajstić information content (AvgIpc) is 2.55. The van der Waals surface area contributed by atoms with Gasteiger partial charge in [0.2, 0.25) is 0 Å². The van der Waals surface area contributed by atoms with Crippen LogP contribution in [-0.2, 0) is 6.42 Å². The topological polar surface area (TPSA) is 40.5 Å². The summed E-state index contributed by atoms with van der Waals surface area (Å²) in [6, 6.07) is 17.1. The van der Waals surface area contributed by atoms with Crippen LogP contribution in [0.3, 0.4) is 0 Å². The maximum Gasteiger partial charge on any atom is 0.106 e. The van der Waals surface area contributed by atoms with Gasteiger partial charge in [0.1, 0.15) is 6.10 Å². The highest BCUT2D eigenvalue weighted by Gasteiger charge is 2.29. The first-order valence-corrected chi connectivity index (χ1v) is 7.79. The Hall–Kier alpha value is -2.16. The number of rotatable bonds is 0. The van der Waals surface area contributed by atoms with Gasteiger partial charge in [0.05, 0.1) is 6.10 Å². The number of hydrogen-bond donors (Lipinski definition) is 2. The van der Waals surface area contributed by atoms with E-state index >= 15 is 0 Å². The van der Waals surface area contributed by atoms with E-state index in [4.69, 9.17) is 0 Å². The highest BCUT2D eigenvalue weighted by molar-refractivity contribution is 6.23. The molecule has 2 unspecified atom stereocenters. The van der Waals surface area contributed by atoms with Crippen molar-refractivity contribution in [2.24, 2.45) is 0 Å². The Morgan fingerprint density at radius 1 is 0.818 bits per heavy atom. The summed E-state index contributed by atoms with van der Waals surface area (Å²) in [7, 11) is 0. The Bertz CT molecular complexity index is 1000. The van der Waals surface area contributed by atoms with Gasteiger partial charge in [0.15, 0.2) is 0 Å². The number of fused-ring (bicyclic) bond motifs is 2. The molecule has 0 aromatic heterocycles. The SMILES string of the molecule is OC1CCc2cc3ccc4cccc5ccc(c2C1O)c3c45. The Balaban J connectivity index is 2.04. The molecule has 1 aliphatic rings. The second kappa shape index (κ2) is 4.19. The molecule has 2 heteroatoms. The molecule has 22 heavy (non-hydrogen) atoms. The molecule has 0 saturated carbocycles. The van der Waals surface area contributed by atoms with Crippen molar-refractivity contribution >= 4 is 32.3 Å². The average molecular weight is 288 g/mol. The fourth-order valence-corrected chi connectivity index (χ4v) is 4.10. The molecule has 0 fully saturated rings. The minimum Gasteiger partial charge on any atom is -0.390 e. The molecule has 0 saturated heterocycles. The second-order valence-corrected chi connectivity index (χ2v) is 6.36. The molecule has 0 amide bonds. The van der Waals surface area contributed by atoms with Crippen LogP contribution < -0.4 is 0 Å². The summed E-state index contributed by atoms with van der Waals surface area (Å²) in [6.45, 7) is 0. The first kappa shape index (κ1) is 12.4. The molecule has 0 aliphatic heterocycles. The third-order valence-electron chi connectivity index (χ3n) is 5.14. The summed E-state index contributed by atoms with van der Waals surface area (Å²) < 4.78 is 0. The van der Waals surface area contributed by atoms with Crippen LogP contribution in [0, 0.1) is 0 Å². The van der Waals surface area contributed by atoms with E-state index < -0.39 is 12.2 Å². The first-order chi connectivity index (χ1) is 10.7. The Labute approximate surface area is 127 Å². The lowest BCUT2D eigenvalue weighted by Crippen LogP contribution is -2.25. The minimum absolute atomic E-state index is 0.627. The third kappa shape index (κ3) is 1.46. The van der Waals surface area contributed by atoms with Crippen LogP contribution in [0.25, 0.3) is 32.3 Å². The maximum absolute atomic E-state index is 10.5. The van der Waals surface area contributed by atoms with Crippen molar-refractivity contribution in [2.45, 2.75) is 25.0 Å². The summed E-state index contributed by atoms with van der Waals surface area (Å²) >= 11 is 0. The number of aliphatic hydroxyl groups excluding tert-OH is 2. The van der Waals surface area contributed by atoms with Crippen LogP contribution in [0.1, 0.15) is 23.7 Å². The van der Waals surface area contributed by atoms with E-state index in [1.807, 2.05) is 0 Å². The molecule has 1 aliphatic carbocycles. The molecule has 0 spiro atoms. The summed E-state index contributed by atoms with van der Waals surface area (Å²) in [5.41, 5.74) is 2.09. The predicted octanol–water partition coefficient (Wildman–Crippen LogP) is 3.92. The monoisotopic (exact) mass is 288 g/mol. The quantitative estimate of drug-likeness (QED) is 0.481. The van der Waals surface area contributed by atoms with Crippen LogP contribution >= 0.6 is 0 Å². The van der Waals surface area contributed by atoms with E-state index in [0.717, 1.165) is 17.4 Å². The van der Waals surface area contributed by atoms with Gasteiger partial charge in [-0.05, 0) is 56.3 Å². The largest absolute Gasteiger partial charge is 0.390 e. The lowest BCUT2D eigenvalue weighted by Gasteiger charge is -2.29. The second-order valence-electron chi connectivity index (χ2n) is 6.36. The van der Waals surface area contributed by atoms with Gasteiger partial charge in [-0.25, -0.2) is 0 Å². The molecule has 0 radical (unpaired) electrons. The predicted molar refractivity (Wildman–Crippen MR) is 89.4 cm³/mol. The zero-order valence-corrected chi connectivity index (χ0v) is 12.1. The molecule has 2 nitrogen and oxygen atoms in total. The molecule has 2 N–H and O–H groups in total. The van der Waals surface area contributed by atoms with Gasteiger partial charge < -0.3 is 10.2 Å². The van der Waals surface area contributed by atoms with Gasteiger partial charge in [-0.15, -0.1) is 0 Å². The Morgan fingerprint density at radius 3 is 2.36 bits per heavy atom. The van der Waals surface area contributed by atoms with Crippen molar-refractivity contribution in [3.63, 3.8) is 0 Å². The fourth-order valence-electron chi connectivity index (χ4n) is 4.10. The van der Waals surface area contributed by atoms with Crippen LogP contribution in [0.2, 0.25) is 0 Å². The summed E-state index contributed by atoms with van der Waals surface area (Å²) in [5.74, 6) is 0. The van der Waals surface area contributed by atoms with Crippen molar-refractivity contribution in [1.82, 2.24) is 0 Å². The standard InChI is InChI=1S/C20H16O2/c21-16-9-7-14-10-13-5-4-11-2-1-3-12-6-8-15(18(13)17(11)12)19(14)20(16)22/h1-6,8,10,16,20-22H,7,9H2. The smallest absolute Gasteiger partial charge is 0.106 e. The van der Waals surface area contributed by atoms with Crippen molar-refractivity contribution in [3.05, 3.63) is 59.7 Å². The van der Waals surface area contributed by atoms with Gasteiger partial charge >= 0.3 is 0 Å². The van der Waals surface area contributed by atoms with Crippen molar-refractivity contribution in [3.8, 4) is 0 Å². The van der Waals surface area contributed by atoms with E-state index in [2.05, 4.69) is 48.5 Å². The normalized spacial score (nSPS) is 21.7. The zero-order valence-electron chi connectivity index (χ0n) is 12.1. The third-order valence-corrected chi connectivity index (χ3v) is 5.14. The molecule has 4 aromatic carbocycles. The van der Waals surface area contributed by atoms with Crippen LogP contribution in [0.5, 0.6) is 0 Å². The van der Waals surface area contributed by atoms with Crippen LogP contribution in [0.4, 0.5) is 0 Å². The molecule has 0 heterocycles.